The number of nitrogens with zero attached hydrogens (tertiary/aromatic N) is 1. The van der Waals surface area contributed by atoms with Gasteiger partial charge in [0.05, 0.1) is 6.54 Å². The largest absolute Gasteiger partial charge is 0.384 e. The first kappa shape index (κ1) is 12.0. The molecule has 0 spiro atoms. The second kappa shape index (κ2) is 5.21. The second-order valence-electron chi connectivity index (χ2n) is 3.60. The van der Waals surface area contributed by atoms with E-state index in [0.717, 1.165) is 15.7 Å². The van der Waals surface area contributed by atoms with Crippen LogP contribution in [0.3, 0.4) is 0 Å². The van der Waals surface area contributed by atoms with Gasteiger partial charge in [0.2, 0.25) is 0 Å². The molecular weight excluding hydrogens is 234 g/mol. The average Bonchev–Trinajstić information content (AvgIpc) is 2.70. The minimum Gasteiger partial charge on any atom is -0.384 e. The molecule has 0 unspecified atom stereocenters. The van der Waals surface area contributed by atoms with Crippen LogP contribution in [0.5, 0.6) is 0 Å². The summed E-state index contributed by atoms with van der Waals surface area (Å²) in [5.41, 5.74) is 0.646. The number of aliphatic hydroxyl groups is 1. The molecule has 92 valence electrons. The molecule has 0 bridgehead atoms. The van der Waals surface area contributed by atoms with Crippen molar-refractivity contribution in [1.82, 2.24) is 14.8 Å². The Bertz CT molecular complexity index is 667. The van der Waals surface area contributed by atoms with Crippen molar-refractivity contribution >= 4 is 0 Å². The molecule has 0 aliphatic carbocycles. The predicted octanol–water partition coefficient (Wildman–Crippen LogP) is -0.743. The van der Waals surface area contributed by atoms with Crippen molar-refractivity contribution in [2.45, 2.75) is 6.54 Å². The van der Waals surface area contributed by atoms with E-state index in [4.69, 9.17) is 5.11 Å². The zero-order chi connectivity index (χ0) is 13.0. The van der Waals surface area contributed by atoms with Gasteiger partial charge in [-0.15, -0.1) is 0 Å². The maximum Gasteiger partial charge on any atom is 0.344 e. The molecular formula is C12H11N3O3. The summed E-state index contributed by atoms with van der Waals surface area (Å²) in [4.78, 5) is 22.6. The smallest absolute Gasteiger partial charge is 0.344 e. The Morgan fingerprint density at radius 2 is 1.72 bits per heavy atom. The van der Waals surface area contributed by atoms with Gasteiger partial charge in [-0.2, -0.15) is 0 Å². The number of aromatic amines is 2. The van der Waals surface area contributed by atoms with Crippen LogP contribution in [0.1, 0.15) is 11.1 Å². The van der Waals surface area contributed by atoms with Gasteiger partial charge in [-0.1, -0.05) is 24.0 Å². The lowest BCUT2D eigenvalue weighted by Gasteiger charge is -2.00. The van der Waals surface area contributed by atoms with Crippen molar-refractivity contribution in [3.8, 4) is 11.8 Å². The first-order valence-corrected chi connectivity index (χ1v) is 5.27. The van der Waals surface area contributed by atoms with E-state index < -0.39 is 11.4 Å². The number of H-pyrrole nitrogens is 2. The lowest BCUT2D eigenvalue weighted by Crippen LogP contribution is -2.26. The SMILES string of the molecule is O=c1[nH][nH]c(=O)n1Cc1ccc(C#CCO)cc1. The fourth-order valence-electron chi connectivity index (χ4n) is 1.50. The summed E-state index contributed by atoms with van der Waals surface area (Å²) < 4.78 is 1.06. The molecule has 2 rings (SSSR count). The summed E-state index contributed by atoms with van der Waals surface area (Å²) in [5, 5.41) is 13.0. The van der Waals surface area contributed by atoms with Crippen molar-refractivity contribution in [2.75, 3.05) is 6.61 Å². The summed E-state index contributed by atoms with van der Waals surface area (Å²) >= 11 is 0. The van der Waals surface area contributed by atoms with Crippen molar-refractivity contribution in [3.63, 3.8) is 0 Å². The van der Waals surface area contributed by atoms with E-state index >= 15 is 0 Å². The first-order chi connectivity index (χ1) is 8.70. The standard InChI is InChI=1S/C12H11N3O3/c16-7-1-2-9-3-5-10(6-4-9)8-15-11(17)13-14-12(15)18/h3-6,16H,7-8H2,(H,13,17)(H,14,18). The molecule has 0 radical (unpaired) electrons. The minimum atomic E-state index is -0.468. The molecule has 1 aromatic heterocycles. The Morgan fingerprint density at radius 3 is 2.28 bits per heavy atom. The summed E-state index contributed by atoms with van der Waals surface area (Å²) in [7, 11) is 0. The summed E-state index contributed by atoms with van der Waals surface area (Å²) in [5.74, 6) is 5.30. The van der Waals surface area contributed by atoms with Gasteiger partial charge in [0, 0.05) is 5.56 Å². The second-order valence-corrected chi connectivity index (χ2v) is 3.60. The highest BCUT2D eigenvalue weighted by Gasteiger charge is 2.03. The van der Waals surface area contributed by atoms with Crippen LogP contribution < -0.4 is 11.4 Å². The Morgan fingerprint density at radius 1 is 1.11 bits per heavy atom. The number of aromatic nitrogens is 3. The lowest BCUT2D eigenvalue weighted by atomic mass is 10.1. The molecule has 1 heterocycles. The highest BCUT2D eigenvalue weighted by Crippen LogP contribution is 2.03. The first-order valence-electron chi connectivity index (χ1n) is 5.27. The molecule has 3 N–H and O–H groups in total. The third-order valence-corrected chi connectivity index (χ3v) is 2.37. The number of hydrogen-bond donors (Lipinski definition) is 3. The monoisotopic (exact) mass is 245 g/mol. The molecule has 0 fully saturated rings. The molecule has 18 heavy (non-hydrogen) atoms. The molecule has 2 aromatic rings. The summed E-state index contributed by atoms with van der Waals surface area (Å²) in [6, 6.07) is 7.09. The van der Waals surface area contributed by atoms with Gasteiger partial charge in [-0.25, -0.2) is 24.4 Å². The zero-order valence-electron chi connectivity index (χ0n) is 9.43. The van der Waals surface area contributed by atoms with Crippen LogP contribution in [0, 0.1) is 11.8 Å². The van der Waals surface area contributed by atoms with Crippen LogP contribution in [0.4, 0.5) is 0 Å². The normalized spacial score (nSPS) is 9.83. The molecule has 0 aliphatic heterocycles. The van der Waals surface area contributed by atoms with E-state index in [1.54, 1.807) is 24.3 Å². The topological polar surface area (TPSA) is 90.9 Å². The highest BCUT2D eigenvalue weighted by atomic mass is 16.2. The Hall–Kier alpha value is -2.52. The number of rotatable bonds is 2. The Labute approximate surface area is 102 Å². The van der Waals surface area contributed by atoms with Gasteiger partial charge in [0.15, 0.2) is 0 Å². The van der Waals surface area contributed by atoms with E-state index in [-0.39, 0.29) is 13.2 Å². The van der Waals surface area contributed by atoms with Crippen LogP contribution in [-0.4, -0.2) is 26.5 Å². The van der Waals surface area contributed by atoms with E-state index in [9.17, 15) is 9.59 Å². The molecule has 0 amide bonds. The molecule has 0 saturated heterocycles. The predicted molar refractivity (Wildman–Crippen MR) is 65.2 cm³/mol. The molecule has 0 saturated carbocycles. The van der Waals surface area contributed by atoms with Gasteiger partial charge in [-0.3, -0.25) is 0 Å². The van der Waals surface area contributed by atoms with Crippen LogP contribution in [0.2, 0.25) is 0 Å². The highest BCUT2D eigenvalue weighted by molar-refractivity contribution is 5.36. The number of nitrogens with one attached hydrogen (secondary N) is 2. The van der Waals surface area contributed by atoms with Crippen molar-refractivity contribution in [3.05, 3.63) is 56.4 Å². The quantitative estimate of drug-likeness (QED) is 0.608. The number of aliphatic hydroxyl groups excluding tert-OH is 1. The fourth-order valence-corrected chi connectivity index (χ4v) is 1.50. The van der Waals surface area contributed by atoms with Gasteiger partial charge >= 0.3 is 11.4 Å². The van der Waals surface area contributed by atoms with E-state index in [1.807, 2.05) is 0 Å². The zero-order valence-corrected chi connectivity index (χ0v) is 9.43. The molecule has 6 nitrogen and oxygen atoms in total. The van der Waals surface area contributed by atoms with Crippen LogP contribution in [0.25, 0.3) is 0 Å². The minimum absolute atomic E-state index is 0.185. The van der Waals surface area contributed by atoms with Crippen molar-refractivity contribution in [1.29, 1.82) is 0 Å². The van der Waals surface area contributed by atoms with Crippen LogP contribution in [-0.2, 0) is 6.54 Å². The van der Waals surface area contributed by atoms with E-state index in [0.29, 0.717) is 0 Å². The van der Waals surface area contributed by atoms with Gasteiger partial charge in [-0.05, 0) is 17.7 Å². The maximum absolute atomic E-state index is 11.3. The summed E-state index contributed by atoms with van der Waals surface area (Å²) in [6.45, 7) is 0.0151. The lowest BCUT2D eigenvalue weighted by molar-refractivity contribution is 0.350. The molecule has 6 heteroatoms. The van der Waals surface area contributed by atoms with Gasteiger partial charge in [0.25, 0.3) is 0 Å². The Kier molecular flexibility index (Phi) is 3.46. The average molecular weight is 245 g/mol. The molecule has 0 atom stereocenters. The van der Waals surface area contributed by atoms with E-state index in [2.05, 4.69) is 22.0 Å². The third-order valence-electron chi connectivity index (χ3n) is 2.37. The number of benzene rings is 1. The maximum atomic E-state index is 11.3. The van der Waals surface area contributed by atoms with E-state index in [1.165, 1.54) is 0 Å². The molecule has 0 aliphatic rings. The third kappa shape index (κ3) is 2.59. The van der Waals surface area contributed by atoms with Crippen LogP contribution in [0.15, 0.2) is 33.9 Å². The van der Waals surface area contributed by atoms with Crippen LogP contribution >= 0.6 is 0 Å². The van der Waals surface area contributed by atoms with Crippen molar-refractivity contribution in [2.24, 2.45) is 0 Å². The van der Waals surface area contributed by atoms with Gasteiger partial charge < -0.3 is 5.11 Å². The Balaban J connectivity index is 2.21. The fraction of sp³-hybridized carbons (Fsp3) is 0.167. The van der Waals surface area contributed by atoms with Gasteiger partial charge in [0.1, 0.15) is 6.61 Å². The number of hydrogen-bond acceptors (Lipinski definition) is 3. The summed E-state index contributed by atoms with van der Waals surface area (Å²) in [6.07, 6.45) is 0. The molecule has 1 aromatic carbocycles. The van der Waals surface area contributed by atoms with Crippen molar-refractivity contribution < 1.29 is 5.11 Å².